The summed E-state index contributed by atoms with van der Waals surface area (Å²) in [4.78, 5) is 10.5. The summed E-state index contributed by atoms with van der Waals surface area (Å²) in [6.45, 7) is 26.0. The lowest BCUT2D eigenvalue weighted by Gasteiger charge is -2.27. The average Bonchev–Trinajstić information content (AvgIpc) is 3.64. The highest BCUT2D eigenvalue weighted by molar-refractivity contribution is 6.75. The predicted octanol–water partition coefficient (Wildman–Crippen LogP) is 15.8. The van der Waals surface area contributed by atoms with Crippen molar-refractivity contribution >= 4 is 19.1 Å². The van der Waals surface area contributed by atoms with Crippen LogP contribution in [0.15, 0.2) is 146 Å². The fourth-order valence-electron chi connectivity index (χ4n) is 8.42. The Balaban J connectivity index is 1.47. The number of phenolic OH excluding ortho intramolecular Hbond substituents is 1. The number of para-hydroxylation sites is 1. The average molecular weight is 848 g/mol. The Morgan fingerprint density at radius 2 is 1.19 bits per heavy atom. The van der Waals surface area contributed by atoms with Gasteiger partial charge in [-0.3, -0.25) is 9.55 Å². The van der Waals surface area contributed by atoms with E-state index in [1.807, 2.05) is 24.3 Å². The van der Waals surface area contributed by atoms with Crippen molar-refractivity contribution in [3.8, 4) is 67.5 Å². The van der Waals surface area contributed by atoms with Gasteiger partial charge in [0.25, 0.3) is 0 Å². The molecule has 0 aliphatic carbocycles. The summed E-state index contributed by atoms with van der Waals surface area (Å²) in [5.74, 6) is -0.557. The van der Waals surface area contributed by atoms with Gasteiger partial charge >= 0.3 is 0 Å². The van der Waals surface area contributed by atoms with Crippen LogP contribution in [0, 0.1) is 0 Å². The van der Waals surface area contributed by atoms with E-state index in [0.29, 0.717) is 17.0 Å². The van der Waals surface area contributed by atoms with Crippen molar-refractivity contribution in [1.82, 2.24) is 14.5 Å². The van der Waals surface area contributed by atoms with Crippen LogP contribution in [0.1, 0.15) is 87.3 Å². The Bertz CT molecular complexity index is 3050. The van der Waals surface area contributed by atoms with Gasteiger partial charge < -0.3 is 5.11 Å². The zero-order valence-electron chi connectivity index (χ0n) is 41.1. The zero-order chi connectivity index (χ0) is 46.9. The van der Waals surface area contributed by atoms with Crippen LogP contribution in [0.25, 0.3) is 72.7 Å². The normalized spacial score (nSPS) is 13.3. The number of benzene rings is 6. The summed E-state index contributed by atoms with van der Waals surface area (Å²) in [5, 5.41) is 12.6. The molecule has 0 aliphatic rings. The largest absolute Gasteiger partial charge is 0.507 e. The molecule has 2 heterocycles. The van der Waals surface area contributed by atoms with Crippen LogP contribution in [-0.2, 0) is 22.2 Å². The van der Waals surface area contributed by atoms with Gasteiger partial charge in [-0.15, -0.1) is 0 Å². The molecular weight excluding hydrogens is 783 g/mol. The molecule has 1 N–H and O–H groups in total. The first-order valence-electron chi connectivity index (χ1n) is 23.2. The molecule has 0 amide bonds. The molecule has 2 aromatic heterocycles. The molecule has 0 atom stereocenters. The van der Waals surface area contributed by atoms with Crippen molar-refractivity contribution in [1.29, 1.82) is 0 Å². The van der Waals surface area contributed by atoms with E-state index in [-0.39, 0.29) is 22.0 Å². The maximum Gasteiger partial charge on any atom is 0.149 e. The molecule has 8 rings (SSSR count). The molecule has 0 aliphatic heterocycles. The maximum atomic E-state index is 12.6. The Hall–Kier alpha value is -6.04. The zero-order valence-corrected chi connectivity index (χ0v) is 40.1. The summed E-state index contributed by atoms with van der Waals surface area (Å²) in [6, 6.07) is 48.8. The number of fused-ring (bicyclic) bond motifs is 1. The van der Waals surface area contributed by atoms with Crippen molar-refractivity contribution in [3.63, 3.8) is 0 Å². The molecule has 63 heavy (non-hydrogen) atoms. The molecule has 6 aromatic carbocycles. The number of hydrogen-bond acceptors (Lipinski definition) is 3. The second kappa shape index (κ2) is 16.3. The second-order valence-electron chi connectivity index (χ2n) is 21.2. The lowest BCUT2D eigenvalue weighted by Crippen LogP contribution is -2.23. The topological polar surface area (TPSA) is 50.9 Å². The highest BCUT2D eigenvalue weighted by Crippen LogP contribution is 2.46. The Morgan fingerprint density at radius 3 is 1.83 bits per heavy atom. The molecule has 0 radical (unpaired) electrons. The van der Waals surface area contributed by atoms with E-state index in [4.69, 9.17) is 12.7 Å². The minimum absolute atomic E-state index is 0.207. The molecule has 320 valence electrons. The summed E-state index contributed by atoms with van der Waals surface area (Å²) < 4.78 is 20.6. The number of aromatic nitrogens is 3. The van der Waals surface area contributed by atoms with E-state index < -0.39 is 14.1 Å². The fourth-order valence-corrected chi connectivity index (χ4v) is 9.44. The lowest BCUT2D eigenvalue weighted by molar-refractivity contribution is 0.446. The summed E-state index contributed by atoms with van der Waals surface area (Å²) in [6.07, 6.45) is 1.75. The molecule has 0 bridgehead atoms. The minimum Gasteiger partial charge on any atom is -0.507 e. The quantitative estimate of drug-likeness (QED) is 0.155. The van der Waals surface area contributed by atoms with E-state index >= 15 is 0 Å². The monoisotopic (exact) mass is 847 g/mol. The Morgan fingerprint density at radius 1 is 0.556 bits per heavy atom. The van der Waals surface area contributed by atoms with E-state index in [2.05, 4.69) is 202 Å². The molecule has 0 saturated carbocycles. The summed E-state index contributed by atoms with van der Waals surface area (Å²) in [7, 11) is -2.25. The van der Waals surface area contributed by atoms with Crippen molar-refractivity contribution in [2.24, 2.45) is 0 Å². The highest BCUT2D eigenvalue weighted by atomic mass is 28.3. The third kappa shape index (κ3) is 9.08. The minimum atomic E-state index is -2.25. The van der Waals surface area contributed by atoms with Crippen LogP contribution < -0.4 is 0 Å². The number of hydrogen-bond donors (Lipinski definition) is 1. The van der Waals surface area contributed by atoms with Crippen LogP contribution in [0.5, 0.6) is 5.75 Å². The van der Waals surface area contributed by atoms with Gasteiger partial charge in [0.1, 0.15) is 11.6 Å². The molecular formula is C58H63N3OSi. The Kier molecular flexibility index (Phi) is 10.6. The van der Waals surface area contributed by atoms with E-state index in [9.17, 15) is 5.11 Å². The molecule has 0 spiro atoms. The number of rotatable bonds is 8. The van der Waals surface area contributed by atoms with Crippen LogP contribution >= 0.6 is 0 Å². The first-order chi connectivity index (χ1) is 30.4. The second-order valence-corrected chi connectivity index (χ2v) is 25.9. The molecule has 0 fully saturated rings. The van der Waals surface area contributed by atoms with Gasteiger partial charge in [-0.2, -0.15) is 0 Å². The van der Waals surface area contributed by atoms with Gasteiger partial charge in [-0.1, -0.05) is 173 Å². The first-order valence-corrected chi connectivity index (χ1v) is 25.7. The van der Waals surface area contributed by atoms with Gasteiger partial charge in [0.05, 0.1) is 28.0 Å². The van der Waals surface area contributed by atoms with Gasteiger partial charge in [-0.05, 0) is 110 Å². The molecule has 0 saturated heterocycles. The fraction of sp³-hybridized carbons (Fsp3) is 0.276. The van der Waals surface area contributed by atoms with Crippen LogP contribution in [0.2, 0.25) is 19.6 Å². The molecule has 8 aromatic rings. The molecule has 5 heteroatoms. The first kappa shape index (κ1) is 41.0. The standard InChI is InChI=1S/C58H63N3OSi/c1-56(2,3)44-32-42(31-43(33-44)50-30-38(28-29-59-50)37-63(10,11)12)46-24-19-25-52-53(46)60-55(48-35-45(57(4,5)6)36-49(54(48)62)58(7,8)9)61(52)51-27-26-41(39-20-15-13-16-21-39)34-47(51)40-22-17-14-18-23-40/h13-36,62H,37H2,1-12H3/i37D2. The molecule has 4 nitrogen and oxygen atoms in total. The SMILES string of the molecule is [2H]C([2H])(c1ccnc(-c2cc(-c3cccc4c3nc(-c3cc(C(C)(C)C)cc(C(C)(C)C)c3O)n4-c3ccc(-c4ccccc4)cc3-c3ccccc3)cc(C(C)(C)C)c2)c1)[Si](C)(C)C. The predicted molar refractivity (Wildman–Crippen MR) is 271 cm³/mol. The van der Waals surface area contributed by atoms with Crippen molar-refractivity contribution in [3.05, 3.63) is 168 Å². The van der Waals surface area contributed by atoms with Crippen LogP contribution in [-0.4, -0.2) is 27.7 Å². The number of nitrogens with zero attached hydrogens (tertiary/aromatic N) is 3. The van der Waals surface area contributed by atoms with Crippen molar-refractivity contribution in [2.75, 3.05) is 0 Å². The van der Waals surface area contributed by atoms with Crippen LogP contribution in [0.3, 0.4) is 0 Å². The van der Waals surface area contributed by atoms with E-state index in [1.165, 1.54) is 0 Å². The van der Waals surface area contributed by atoms with Gasteiger partial charge in [0.2, 0.25) is 0 Å². The van der Waals surface area contributed by atoms with Gasteiger partial charge in [0, 0.05) is 39.3 Å². The van der Waals surface area contributed by atoms with Crippen molar-refractivity contribution in [2.45, 2.75) is 104 Å². The number of imidazole rings is 1. The van der Waals surface area contributed by atoms with Gasteiger partial charge in [-0.25, -0.2) is 4.98 Å². The Labute approximate surface area is 379 Å². The maximum absolute atomic E-state index is 12.6. The third-order valence-corrected chi connectivity index (χ3v) is 12.9. The van der Waals surface area contributed by atoms with E-state index in [0.717, 1.165) is 78.0 Å². The van der Waals surface area contributed by atoms with Gasteiger partial charge in [0.15, 0.2) is 0 Å². The molecule has 0 unspecified atom stereocenters. The smallest absolute Gasteiger partial charge is 0.149 e. The number of phenols is 1. The van der Waals surface area contributed by atoms with Crippen LogP contribution in [0.4, 0.5) is 0 Å². The summed E-state index contributed by atoms with van der Waals surface area (Å²) in [5.41, 5.74) is 14.3. The lowest BCUT2D eigenvalue weighted by atomic mass is 9.79. The summed E-state index contributed by atoms with van der Waals surface area (Å²) >= 11 is 0. The number of aromatic hydroxyl groups is 1. The number of pyridine rings is 1. The van der Waals surface area contributed by atoms with E-state index in [1.54, 1.807) is 6.20 Å². The van der Waals surface area contributed by atoms with Crippen molar-refractivity contribution < 1.29 is 7.85 Å². The third-order valence-electron chi connectivity index (χ3n) is 11.8. The highest BCUT2D eigenvalue weighted by Gasteiger charge is 2.30.